The molecule has 3 N–H and O–H groups in total. The number of methoxy groups -OCH3 is 1. The van der Waals surface area contributed by atoms with Crippen molar-refractivity contribution in [3.8, 4) is 0 Å². The molecule has 0 saturated carbocycles. The average Bonchev–Trinajstić information content (AvgIpc) is 3.09. The zero-order chi connectivity index (χ0) is 16.7. The molecule has 2 amide bonds. The van der Waals surface area contributed by atoms with Crippen molar-refractivity contribution in [2.45, 2.75) is 12.2 Å². The highest BCUT2D eigenvalue weighted by Gasteiger charge is 2.13. The number of carbonyl (C=O) groups excluding carboxylic acids is 1. The van der Waals surface area contributed by atoms with Gasteiger partial charge in [0, 0.05) is 20.2 Å². The maximum absolute atomic E-state index is 12.9. The summed E-state index contributed by atoms with van der Waals surface area (Å²) in [5.74, 6) is -0.322. The number of amides is 2. The molecule has 2 atom stereocenters. The topological polar surface area (TPSA) is 70.6 Å². The minimum Gasteiger partial charge on any atom is -0.387 e. The highest BCUT2D eigenvalue weighted by Crippen LogP contribution is 2.16. The van der Waals surface area contributed by atoms with E-state index in [1.165, 1.54) is 30.6 Å². The van der Waals surface area contributed by atoms with Gasteiger partial charge >= 0.3 is 6.03 Å². The molecular formula is C16H19FN2O3S. The van der Waals surface area contributed by atoms with Gasteiger partial charge in [0.05, 0.1) is 12.2 Å². The van der Waals surface area contributed by atoms with Gasteiger partial charge < -0.3 is 20.5 Å². The number of halogens is 1. The molecule has 23 heavy (non-hydrogen) atoms. The maximum atomic E-state index is 12.9. The first-order valence-corrected chi connectivity index (χ1v) is 8.04. The summed E-state index contributed by atoms with van der Waals surface area (Å²) < 4.78 is 18.2. The van der Waals surface area contributed by atoms with E-state index in [0.717, 1.165) is 11.1 Å². The van der Waals surface area contributed by atoms with Crippen LogP contribution in [0.25, 0.3) is 0 Å². The summed E-state index contributed by atoms with van der Waals surface area (Å²) in [7, 11) is 1.52. The zero-order valence-corrected chi connectivity index (χ0v) is 13.5. The van der Waals surface area contributed by atoms with Crippen LogP contribution in [0.4, 0.5) is 9.18 Å². The van der Waals surface area contributed by atoms with Crippen LogP contribution in [-0.4, -0.2) is 31.3 Å². The quantitative estimate of drug-likeness (QED) is 0.727. The molecule has 0 radical (unpaired) electrons. The van der Waals surface area contributed by atoms with Crippen LogP contribution in [0.15, 0.2) is 41.1 Å². The number of ether oxygens (including phenoxy) is 1. The van der Waals surface area contributed by atoms with Crippen LogP contribution in [0.2, 0.25) is 0 Å². The first-order chi connectivity index (χ1) is 11.1. The second-order valence-corrected chi connectivity index (χ2v) is 5.72. The summed E-state index contributed by atoms with van der Waals surface area (Å²) in [6.45, 7) is 0.360. The average molecular weight is 338 g/mol. The summed E-state index contributed by atoms with van der Waals surface area (Å²) in [5, 5.41) is 18.9. The van der Waals surface area contributed by atoms with Gasteiger partial charge in [-0.1, -0.05) is 12.1 Å². The highest BCUT2D eigenvalue weighted by atomic mass is 32.1. The van der Waals surface area contributed by atoms with Crippen LogP contribution < -0.4 is 10.6 Å². The Morgan fingerprint density at radius 3 is 2.52 bits per heavy atom. The summed E-state index contributed by atoms with van der Waals surface area (Å²) >= 11 is 1.49. The fourth-order valence-electron chi connectivity index (χ4n) is 2.03. The smallest absolute Gasteiger partial charge is 0.314 e. The van der Waals surface area contributed by atoms with E-state index in [2.05, 4.69) is 10.6 Å². The van der Waals surface area contributed by atoms with Gasteiger partial charge in [0.25, 0.3) is 0 Å². The molecule has 1 heterocycles. The Morgan fingerprint density at radius 1 is 1.22 bits per heavy atom. The second kappa shape index (κ2) is 8.61. The zero-order valence-electron chi connectivity index (χ0n) is 12.7. The van der Waals surface area contributed by atoms with Crippen LogP contribution in [0.3, 0.4) is 0 Å². The van der Waals surface area contributed by atoms with Crippen LogP contribution >= 0.6 is 11.3 Å². The number of nitrogens with one attached hydrogen (secondary N) is 2. The van der Waals surface area contributed by atoms with Crippen molar-refractivity contribution in [3.63, 3.8) is 0 Å². The number of benzene rings is 1. The predicted octanol–water partition coefficient (Wildman–Crippen LogP) is 2.61. The lowest BCUT2D eigenvalue weighted by Gasteiger charge is -2.17. The Balaban J connectivity index is 1.77. The molecule has 7 heteroatoms. The lowest BCUT2D eigenvalue weighted by atomic mass is 10.1. The van der Waals surface area contributed by atoms with Crippen LogP contribution in [0, 0.1) is 5.82 Å². The van der Waals surface area contributed by atoms with Crippen molar-refractivity contribution in [2.24, 2.45) is 0 Å². The molecule has 124 valence electrons. The van der Waals surface area contributed by atoms with Gasteiger partial charge in [-0.15, -0.1) is 0 Å². The Bertz CT molecular complexity index is 604. The minimum absolute atomic E-state index is 0.122. The van der Waals surface area contributed by atoms with Gasteiger partial charge in [-0.05, 0) is 40.1 Å². The molecule has 0 fully saturated rings. The number of carbonyl (C=O) groups is 1. The SMILES string of the molecule is COC(CNC(=O)NCC(O)c1ccsc1)c1ccc(F)cc1. The number of aliphatic hydroxyl groups excluding tert-OH is 1. The van der Waals surface area contributed by atoms with E-state index in [0.29, 0.717) is 0 Å². The standard InChI is InChI=1S/C16H19FN2O3S/c1-22-15(11-2-4-13(17)5-3-11)9-19-16(21)18-8-14(20)12-6-7-23-10-12/h2-7,10,14-15,20H,8-9H2,1H3,(H2,18,19,21). The predicted molar refractivity (Wildman–Crippen MR) is 86.8 cm³/mol. The van der Waals surface area contributed by atoms with E-state index in [1.807, 2.05) is 16.8 Å². The molecule has 0 bridgehead atoms. The fourth-order valence-corrected chi connectivity index (χ4v) is 2.74. The summed E-state index contributed by atoms with van der Waals surface area (Å²) in [5.41, 5.74) is 1.55. The van der Waals surface area contributed by atoms with Crippen molar-refractivity contribution in [1.29, 1.82) is 0 Å². The second-order valence-electron chi connectivity index (χ2n) is 4.94. The molecule has 1 aromatic heterocycles. The molecule has 5 nitrogen and oxygen atoms in total. The minimum atomic E-state index is -0.734. The molecule has 0 aliphatic rings. The largest absolute Gasteiger partial charge is 0.387 e. The lowest BCUT2D eigenvalue weighted by molar-refractivity contribution is 0.103. The first-order valence-electron chi connectivity index (χ1n) is 7.10. The van der Waals surface area contributed by atoms with E-state index in [1.54, 1.807) is 12.1 Å². The monoisotopic (exact) mass is 338 g/mol. The maximum Gasteiger partial charge on any atom is 0.314 e. The molecule has 0 saturated heterocycles. The van der Waals surface area contributed by atoms with Crippen LogP contribution in [0.1, 0.15) is 23.3 Å². The fraction of sp³-hybridized carbons (Fsp3) is 0.312. The number of urea groups is 1. The van der Waals surface area contributed by atoms with E-state index >= 15 is 0 Å². The first kappa shape index (κ1) is 17.4. The van der Waals surface area contributed by atoms with E-state index in [9.17, 15) is 14.3 Å². The van der Waals surface area contributed by atoms with E-state index in [4.69, 9.17) is 4.74 Å². The highest BCUT2D eigenvalue weighted by molar-refractivity contribution is 7.07. The van der Waals surface area contributed by atoms with Crippen molar-refractivity contribution in [2.75, 3.05) is 20.2 Å². The van der Waals surface area contributed by atoms with Crippen molar-refractivity contribution in [1.82, 2.24) is 10.6 Å². The number of rotatable bonds is 7. The number of hydrogen-bond donors (Lipinski definition) is 3. The van der Waals surface area contributed by atoms with Gasteiger partial charge in [-0.25, -0.2) is 9.18 Å². The number of hydrogen-bond acceptors (Lipinski definition) is 4. The third-order valence-corrected chi connectivity index (χ3v) is 4.06. The van der Waals surface area contributed by atoms with E-state index in [-0.39, 0.29) is 25.0 Å². The van der Waals surface area contributed by atoms with Gasteiger partial charge in [0.2, 0.25) is 0 Å². The molecule has 2 rings (SSSR count). The Labute approximate surface area is 138 Å². The van der Waals surface area contributed by atoms with Gasteiger partial charge in [-0.3, -0.25) is 0 Å². The number of thiophene rings is 1. The molecule has 0 aliphatic heterocycles. The third-order valence-electron chi connectivity index (χ3n) is 3.36. The van der Waals surface area contributed by atoms with Gasteiger partial charge in [-0.2, -0.15) is 11.3 Å². The molecule has 1 aromatic carbocycles. The molecule has 0 spiro atoms. The van der Waals surface area contributed by atoms with Crippen LogP contribution in [0.5, 0.6) is 0 Å². The Hall–Kier alpha value is -1.96. The number of aliphatic hydroxyl groups is 1. The molecule has 2 unspecified atom stereocenters. The van der Waals surface area contributed by atoms with Gasteiger partial charge in [0.15, 0.2) is 0 Å². The molecule has 2 aromatic rings. The lowest BCUT2D eigenvalue weighted by Crippen LogP contribution is -2.39. The van der Waals surface area contributed by atoms with E-state index < -0.39 is 12.1 Å². The summed E-state index contributed by atoms with van der Waals surface area (Å²) in [4.78, 5) is 11.8. The van der Waals surface area contributed by atoms with Crippen molar-refractivity contribution >= 4 is 17.4 Å². The Morgan fingerprint density at radius 2 is 1.91 bits per heavy atom. The summed E-state index contributed by atoms with van der Waals surface area (Å²) in [6, 6.07) is 7.33. The van der Waals surface area contributed by atoms with Crippen molar-refractivity contribution < 1.29 is 19.0 Å². The molecular weight excluding hydrogens is 319 g/mol. The van der Waals surface area contributed by atoms with Gasteiger partial charge in [0.1, 0.15) is 5.82 Å². The third kappa shape index (κ3) is 5.31. The molecule has 0 aliphatic carbocycles. The Kier molecular flexibility index (Phi) is 6.52. The van der Waals surface area contributed by atoms with Crippen molar-refractivity contribution in [3.05, 3.63) is 58.0 Å². The van der Waals surface area contributed by atoms with Crippen LogP contribution in [-0.2, 0) is 4.74 Å². The normalized spacial score (nSPS) is 13.3. The summed E-state index contributed by atoms with van der Waals surface area (Å²) in [6.07, 6.45) is -1.11.